The van der Waals surface area contributed by atoms with E-state index < -0.39 is 0 Å². The van der Waals surface area contributed by atoms with Gasteiger partial charge in [0.2, 0.25) is 0 Å². The minimum Gasteiger partial charge on any atom is -0.381 e. The lowest BCUT2D eigenvalue weighted by atomic mass is 9.94. The number of nitrogens with zero attached hydrogens (tertiary/aromatic N) is 1. The third-order valence-corrected chi connectivity index (χ3v) is 5.46. The van der Waals surface area contributed by atoms with Crippen LogP contribution < -0.4 is 5.32 Å². The number of hydrogen-bond acceptors (Lipinski definition) is 4. The van der Waals surface area contributed by atoms with Crippen molar-refractivity contribution in [2.75, 3.05) is 19.8 Å². The van der Waals surface area contributed by atoms with Gasteiger partial charge in [-0.25, -0.2) is 4.98 Å². The van der Waals surface area contributed by atoms with Gasteiger partial charge in [-0.1, -0.05) is 6.92 Å². The van der Waals surface area contributed by atoms with Gasteiger partial charge in [-0.2, -0.15) is 0 Å². The molecule has 1 fully saturated rings. The van der Waals surface area contributed by atoms with Gasteiger partial charge < -0.3 is 10.1 Å². The first-order valence-electron chi connectivity index (χ1n) is 7.68. The summed E-state index contributed by atoms with van der Waals surface area (Å²) in [5.41, 5.74) is 1.38. The van der Waals surface area contributed by atoms with Gasteiger partial charge in [-0.3, -0.25) is 0 Å². The van der Waals surface area contributed by atoms with Gasteiger partial charge in [0.15, 0.2) is 0 Å². The quantitative estimate of drug-likeness (QED) is 0.920. The summed E-state index contributed by atoms with van der Waals surface area (Å²) in [5, 5.41) is 4.96. The van der Waals surface area contributed by atoms with E-state index in [4.69, 9.17) is 9.72 Å². The zero-order valence-corrected chi connectivity index (χ0v) is 12.6. The number of rotatable bonds is 4. The van der Waals surface area contributed by atoms with Crippen LogP contribution in [0.5, 0.6) is 0 Å². The minimum absolute atomic E-state index is 0.404. The largest absolute Gasteiger partial charge is 0.381 e. The van der Waals surface area contributed by atoms with Crippen molar-refractivity contribution in [2.24, 2.45) is 5.92 Å². The first kappa shape index (κ1) is 13.5. The molecule has 2 unspecified atom stereocenters. The van der Waals surface area contributed by atoms with Crippen molar-refractivity contribution < 1.29 is 4.74 Å². The number of aryl methyl sites for hydroxylation is 2. The van der Waals surface area contributed by atoms with E-state index >= 15 is 0 Å². The predicted octanol–water partition coefficient (Wildman–Crippen LogP) is 3.10. The first-order valence-corrected chi connectivity index (χ1v) is 8.49. The summed E-state index contributed by atoms with van der Waals surface area (Å²) in [6, 6.07) is 0.404. The van der Waals surface area contributed by atoms with Crippen LogP contribution >= 0.6 is 11.3 Å². The van der Waals surface area contributed by atoms with E-state index in [-0.39, 0.29) is 0 Å². The van der Waals surface area contributed by atoms with Crippen LogP contribution in [0.1, 0.15) is 54.2 Å². The van der Waals surface area contributed by atoms with E-state index in [0.717, 1.165) is 19.8 Å². The zero-order valence-electron chi connectivity index (χ0n) is 11.8. The molecule has 1 aliphatic heterocycles. The highest BCUT2D eigenvalue weighted by Crippen LogP contribution is 2.35. The fraction of sp³-hybridized carbons (Fsp3) is 0.800. The summed E-state index contributed by atoms with van der Waals surface area (Å²) in [6.07, 6.45) is 7.54. The maximum Gasteiger partial charge on any atom is 0.110 e. The minimum atomic E-state index is 0.404. The molecule has 2 aliphatic rings. The van der Waals surface area contributed by atoms with Crippen molar-refractivity contribution in [3.63, 3.8) is 0 Å². The number of nitrogens with one attached hydrogen (secondary N) is 1. The highest BCUT2D eigenvalue weighted by molar-refractivity contribution is 7.11. The summed E-state index contributed by atoms with van der Waals surface area (Å²) in [5.74, 6) is 0.598. The second kappa shape index (κ2) is 6.33. The van der Waals surface area contributed by atoms with Crippen molar-refractivity contribution in [1.29, 1.82) is 0 Å². The SMILES string of the molecule is CCNC(c1nc2c(s1)CCCC2)C1CCCOC1. The van der Waals surface area contributed by atoms with Crippen molar-refractivity contribution in [3.8, 4) is 0 Å². The molecule has 1 aromatic rings. The van der Waals surface area contributed by atoms with E-state index in [1.54, 1.807) is 4.88 Å². The molecular weight excluding hydrogens is 256 g/mol. The van der Waals surface area contributed by atoms with Crippen molar-refractivity contribution >= 4 is 11.3 Å². The van der Waals surface area contributed by atoms with Crippen LogP contribution in [-0.2, 0) is 17.6 Å². The van der Waals surface area contributed by atoms with Crippen molar-refractivity contribution in [1.82, 2.24) is 10.3 Å². The third kappa shape index (κ3) is 3.01. The van der Waals surface area contributed by atoms with Gasteiger partial charge in [-0.15, -0.1) is 11.3 Å². The number of aromatic nitrogens is 1. The lowest BCUT2D eigenvalue weighted by molar-refractivity contribution is 0.0392. The molecule has 0 spiro atoms. The van der Waals surface area contributed by atoms with E-state index in [0.29, 0.717) is 12.0 Å². The topological polar surface area (TPSA) is 34.2 Å². The molecule has 1 N–H and O–H groups in total. The number of ether oxygens (including phenoxy) is 1. The van der Waals surface area contributed by atoms with Crippen LogP contribution in [0, 0.1) is 5.92 Å². The number of hydrogen-bond donors (Lipinski definition) is 1. The molecule has 0 saturated carbocycles. The van der Waals surface area contributed by atoms with Gasteiger partial charge in [-0.05, 0) is 45.1 Å². The van der Waals surface area contributed by atoms with E-state index in [9.17, 15) is 0 Å². The summed E-state index contributed by atoms with van der Waals surface area (Å²) in [4.78, 5) is 6.49. The Morgan fingerprint density at radius 2 is 2.26 bits per heavy atom. The maximum absolute atomic E-state index is 5.67. The Balaban J connectivity index is 1.80. The molecule has 2 atom stereocenters. The van der Waals surface area contributed by atoms with Crippen LogP contribution in [0.25, 0.3) is 0 Å². The Morgan fingerprint density at radius 3 is 3.00 bits per heavy atom. The number of thiazole rings is 1. The van der Waals surface area contributed by atoms with Crippen LogP contribution in [0.3, 0.4) is 0 Å². The van der Waals surface area contributed by atoms with Crippen molar-refractivity contribution in [3.05, 3.63) is 15.6 Å². The first-order chi connectivity index (χ1) is 9.38. The highest BCUT2D eigenvalue weighted by Gasteiger charge is 2.28. The molecule has 4 heteroatoms. The fourth-order valence-corrected chi connectivity index (χ4v) is 4.53. The van der Waals surface area contributed by atoms with Crippen molar-refractivity contribution in [2.45, 2.75) is 51.5 Å². The molecule has 1 aromatic heterocycles. The number of fused-ring (bicyclic) bond motifs is 1. The van der Waals surface area contributed by atoms with Gasteiger partial charge in [0.25, 0.3) is 0 Å². The molecule has 2 heterocycles. The van der Waals surface area contributed by atoms with Crippen LogP contribution in [0.2, 0.25) is 0 Å². The maximum atomic E-state index is 5.67. The molecule has 0 amide bonds. The third-order valence-electron chi connectivity index (χ3n) is 4.22. The van der Waals surface area contributed by atoms with E-state index in [1.165, 1.54) is 49.2 Å². The molecule has 3 rings (SSSR count). The Kier molecular flexibility index (Phi) is 4.51. The van der Waals surface area contributed by atoms with E-state index in [2.05, 4.69) is 12.2 Å². The normalized spacial score (nSPS) is 25.0. The summed E-state index contributed by atoms with van der Waals surface area (Å²) in [6.45, 7) is 5.02. The molecule has 3 nitrogen and oxygen atoms in total. The Morgan fingerprint density at radius 1 is 1.37 bits per heavy atom. The smallest absolute Gasteiger partial charge is 0.110 e. The molecule has 106 valence electrons. The molecule has 0 aromatic carbocycles. The standard InChI is InChI=1S/C15H24N2OS/c1-2-16-14(11-6-5-9-18-10-11)15-17-12-7-3-4-8-13(12)19-15/h11,14,16H,2-10H2,1H3. The van der Waals surface area contributed by atoms with Crippen LogP contribution in [0.4, 0.5) is 0 Å². The second-order valence-electron chi connectivity index (χ2n) is 5.64. The average Bonchev–Trinajstić information content (AvgIpc) is 2.89. The van der Waals surface area contributed by atoms with Gasteiger partial charge >= 0.3 is 0 Å². The Labute approximate surface area is 119 Å². The summed E-state index contributed by atoms with van der Waals surface area (Å²) < 4.78 is 5.67. The highest BCUT2D eigenvalue weighted by atomic mass is 32.1. The monoisotopic (exact) mass is 280 g/mol. The molecule has 1 aliphatic carbocycles. The van der Waals surface area contributed by atoms with Gasteiger partial charge in [0.1, 0.15) is 5.01 Å². The van der Waals surface area contributed by atoms with Gasteiger partial charge in [0.05, 0.1) is 18.3 Å². The van der Waals surface area contributed by atoms with Crippen LogP contribution in [0.15, 0.2) is 0 Å². The second-order valence-corrected chi connectivity index (χ2v) is 6.76. The molecular formula is C15H24N2OS. The van der Waals surface area contributed by atoms with Gasteiger partial charge in [0, 0.05) is 17.4 Å². The molecule has 0 bridgehead atoms. The molecule has 0 radical (unpaired) electrons. The Bertz CT molecular complexity index is 389. The summed E-state index contributed by atoms with van der Waals surface area (Å²) >= 11 is 1.95. The molecule has 19 heavy (non-hydrogen) atoms. The lowest BCUT2D eigenvalue weighted by Gasteiger charge is -2.29. The predicted molar refractivity (Wildman–Crippen MR) is 78.7 cm³/mol. The zero-order chi connectivity index (χ0) is 13.1. The average molecular weight is 280 g/mol. The van der Waals surface area contributed by atoms with Crippen LogP contribution in [-0.4, -0.2) is 24.7 Å². The fourth-order valence-electron chi connectivity index (χ4n) is 3.21. The molecule has 1 saturated heterocycles. The Hall–Kier alpha value is -0.450. The summed E-state index contributed by atoms with van der Waals surface area (Å²) in [7, 11) is 0. The van der Waals surface area contributed by atoms with E-state index in [1.807, 2.05) is 11.3 Å². The lowest BCUT2D eigenvalue weighted by Crippen LogP contribution is -2.33.